The highest BCUT2D eigenvalue weighted by Gasteiger charge is 2.50. The Morgan fingerprint density at radius 1 is 1.26 bits per heavy atom. The molecule has 4 rings (SSSR count). The molecule has 1 aromatic carbocycles. The molecule has 27 heavy (non-hydrogen) atoms. The lowest BCUT2D eigenvalue weighted by Gasteiger charge is -2.52. The van der Waals surface area contributed by atoms with Gasteiger partial charge in [0.1, 0.15) is 5.76 Å². The number of nitrogens with one attached hydrogen (secondary N) is 1. The summed E-state index contributed by atoms with van der Waals surface area (Å²) in [5, 5.41) is 13.8. The molecule has 0 radical (unpaired) electrons. The van der Waals surface area contributed by atoms with Crippen LogP contribution in [0.3, 0.4) is 0 Å². The van der Waals surface area contributed by atoms with E-state index in [2.05, 4.69) is 5.16 Å². The van der Waals surface area contributed by atoms with E-state index in [9.17, 15) is 14.7 Å². The second-order valence-corrected chi connectivity index (χ2v) is 7.76. The second kappa shape index (κ2) is 7.35. The van der Waals surface area contributed by atoms with E-state index in [0.29, 0.717) is 31.6 Å². The molecule has 2 aromatic rings. The highest BCUT2D eigenvalue weighted by molar-refractivity contribution is 5.77. The number of rotatable bonds is 4. The smallest absolute Gasteiger partial charge is 0.280 e. The van der Waals surface area contributed by atoms with Crippen LogP contribution in [0.15, 0.2) is 45.7 Å². The number of piperidine rings is 1. The van der Waals surface area contributed by atoms with Crippen LogP contribution in [0.1, 0.15) is 49.8 Å². The topological polar surface area (TPSA) is 86.5 Å². The summed E-state index contributed by atoms with van der Waals surface area (Å²) in [4.78, 5) is 26.0. The van der Waals surface area contributed by atoms with Crippen molar-refractivity contribution in [2.24, 2.45) is 5.92 Å². The Morgan fingerprint density at radius 2 is 2.04 bits per heavy atom. The number of benzene rings is 1. The highest BCUT2D eigenvalue weighted by atomic mass is 16.5. The minimum absolute atomic E-state index is 0.0662. The molecule has 2 fully saturated rings. The average molecular weight is 370 g/mol. The summed E-state index contributed by atoms with van der Waals surface area (Å²) in [5.41, 5.74) is -0.185. The van der Waals surface area contributed by atoms with Gasteiger partial charge in [0.2, 0.25) is 5.91 Å². The Kier molecular flexibility index (Phi) is 4.91. The van der Waals surface area contributed by atoms with Gasteiger partial charge in [0, 0.05) is 37.4 Å². The molecule has 2 aliphatic rings. The number of fused-ring (bicyclic) bond motifs is 1. The SMILES string of the molecule is O=C(CCc1cc(=O)[nH]o1)N1CC[C@](O)(c2ccccc2)[C@@H]2CCCC[C@H]21. The van der Waals surface area contributed by atoms with Gasteiger partial charge in [-0.1, -0.05) is 43.2 Å². The Balaban J connectivity index is 1.51. The van der Waals surface area contributed by atoms with E-state index < -0.39 is 5.60 Å². The van der Waals surface area contributed by atoms with Crippen molar-refractivity contribution in [3.8, 4) is 0 Å². The molecule has 6 nitrogen and oxygen atoms in total. The molecule has 0 bridgehead atoms. The molecular weight excluding hydrogens is 344 g/mol. The summed E-state index contributed by atoms with van der Waals surface area (Å²) >= 11 is 0. The number of H-pyrrole nitrogens is 1. The third-order valence-corrected chi connectivity index (χ3v) is 6.23. The molecule has 6 heteroatoms. The summed E-state index contributed by atoms with van der Waals surface area (Å²) in [6.45, 7) is 0.558. The molecule has 3 atom stereocenters. The van der Waals surface area contributed by atoms with Crippen LogP contribution in [0.25, 0.3) is 0 Å². The monoisotopic (exact) mass is 370 g/mol. The standard InChI is InChI=1S/C21H26N2O4/c24-19-14-16(27-22-19)10-11-20(25)23-13-12-21(26,15-6-2-1-3-7-15)17-8-4-5-9-18(17)23/h1-3,6-7,14,17-18,26H,4-5,8-13H2,(H,22,24)/t17-,18-,21+/m1/s1. The summed E-state index contributed by atoms with van der Waals surface area (Å²) < 4.78 is 5.05. The molecule has 1 saturated heterocycles. The lowest BCUT2D eigenvalue weighted by molar-refractivity contribution is -0.154. The van der Waals surface area contributed by atoms with Gasteiger partial charge in [-0.3, -0.25) is 9.59 Å². The van der Waals surface area contributed by atoms with Crippen LogP contribution >= 0.6 is 0 Å². The maximum atomic E-state index is 12.9. The molecule has 0 spiro atoms. The van der Waals surface area contributed by atoms with Crippen molar-refractivity contribution >= 4 is 5.91 Å². The van der Waals surface area contributed by atoms with Gasteiger partial charge in [0.15, 0.2) is 0 Å². The first-order chi connectivity index (χ1) is 13.1. The quantitative estimate of drug-likeness (QED) is 0.866. The lowest BCUT2D eigenvalue weighted by Crippen LogP contribution is -2.59. The van der Waals surface area contributed by atoms with Gasteiger partial charge < -0.3 is 14.5 Å². The average Bonchev–Trinajstić information content (AvgIpc) is 3.12. The van der Waals surface area contributed by atoms with Crippen molar-refractivity contribution < 1.29 is 14.4 Å². The van der Waals surface area contributed by atoms with E-state index in [1.165, 1.54) is 6.07 Å². The fourth-order valence-electron chi connectivity index (χ4n) is 4.90. The molecule has 144 valence electrons. The normalized spacial score (nSPS) is 28.0. The van der Waals surface area contributed by atoms with Crippen molar-refractivity contribution in [2.75, 3.05) is 6.54 Å². The summed E-state index contributed by atoms with van der Waals surface area (Å²) in [5.74, 6) is 0.647. The van der Waals surface area contributed by atoms with E-state index in [4.69, 9.17) is 4.52 Å². The Bertz CT molecular complexity index is 843. The maximum Gasteiger partial charge on any atom is 0.280 e. The van der Waals surface area contributed by atoms with Crippen molar-refractivity contribution in [1.29, 1.82) is 0 Å². The van der Waals surface area contributed by atoms with Crippen LogP contribution in [-0.4, -0.2) is 33.7 Å². The Morgan fingerprint density at radius 3 is 2.78 bits per heavy atom. The van der Waals surface area contributed by atoms with Crippen LogP contribution in [0, 0.1) is 5.92 Å². The maximum absolute atomic E-state index is 12.9. The molecule has 1 aromatic heterocycles. The summed E-state index contributed by atoms with van der Waals surface area (Å²) in [6, 6.07) is 11.3. The van der Waals surface area contributed by atoms with Gasteiger partial charge in [-0.05, 0) is 24.8 Å². The largest absolute Gasteiger partial charge is 0.385 e. The van der Waals surface area contributed by atoms with Gasteiger partial charge in [-0.2, -0.15) is 5.16 Å². The zero-order chi connectivity index (χ0) is 18.9. The number of aromatic nitrogens is 1. The van der Waals surface area contributed by atoms with Crippen molar-refractivity contribution in [3.05, 3.63) is 58.1 Å². The number of aryl methyl sites for hydroxylation is 1. The van der Waals surface area contributed by atoms with E-state index >= 15 is 0 Å². The number of hydrogen-bond donors (Lipinski definition) is 2. The number of carbonyl (C=O) groups is 1. The second-order valence-electron chi connectivity index (χ2n) is 7.76. The first kappa shape index (κ1) is 18.0. The van der Waals surface area contributed by atoms with E-state index in [1.54, 1.807) is 0 Å². The third-order valence-electron chi connectivity index (χ3n) is 6.23. The first-order valence-electron chi connectivity index (χ1n) is 9.83. The molecule has 2 N–H and O–H groups in total. The van der Waals surface area contributed by atoms with Gasteiger partial charge in [0.25, 0.3) is 5.56 Å². The van der Waals surface area contributed by atoms with Crippen LogP contribution in [0.4, 0.5) is 0 Å². The van der Waals surface area contributed by atoms with Crippen LogP contribution in [-0.2, 0) is 16.8 Å². The van der Waals surface area contributed by atoms with Gasteiger partial charge in [-0.25, -0.2) is 0 Å². The summed E-state index contributed by atoms with van der Waals surface area (Å²) in [7, 11) is 0. The predicted molar refractivity (Wildman–Crippen MR) is 100 cm³/mol. The lowest BCUT2D eigenvalue weighted by atomic mass is 9.66. The Labute approximate surface area is 158 Å². The Hall–Kier alpha value is -2.34. The van der Waals surface area contributed by atoms with Gasteiger partial charge in [-0.15, -0.1) is 0 Å². The molecule has 1 saturated carbocycles. The van der Waals surface area contributed by atoms with Crippen LogP contribution in [0.5, 0.6) is 0 Å². The molecular formula is C21H26N2O4. The molecule has 1 aliphatic heterocycles. The van der Waals surface area contributed by atoms with Crippen molar-refractivity contribution in [1.82, 2.24) is 10.1 Å². The first-order valence-corrected chi connectivity index (χ1v) is 9.83. The predicted octanol–water partition coefficient (Wildman–Crippen LogP) is 2.58. The van der Waals surface area contributed by atoms with Gasteiger partial charge in [0.05, 0.1) is 5.60 Å². The molecule has 1 amide bonds. The highest BCUT2D eigenvalue weighted by Crippen LogP contribution is 2.47. The zero-order valence-corrected chi connectivity index (χ0v) is 15.4. The third kappa shape index (κ3) is 3.46. The fraction of sp³-hybridized carbons (Fsp3) is 0.524. The number of hydrogen-bond acceptors (Lipinski definition) is 4. The number of amides is 1. The van der Waals surface area contributed by atoms with Crippen molar-refractivity contribution in [3.63, 3.8) is 0 Å². The van der Waals surface area contributed by atoms with E-state index in [-0.39, 0.29) is 23.4 Å². The number of carbonyl (C=O) groups excluding carboxylic acids is 1. The zero-order valence-electron chi connectivity index (χ0n) is 15.4. The van der Waals surface area contributed by atoms with E-state index in [1.807, 2.05) is 35.2 Å². The minimum atomic E-state index is -0.865. The number of aromatic amines is 1. The number of aliphatic hydroxyl groups is 1. The van der Waals surface area contributed by atoms with E-state index in [0.717, 1.165) is 31.2 Å². The molecule has 0 unspecified atom stereocenters. The van der Waals surface area contributed by atoms with Gasteiger partial charge >= 0.3 is 0 Å². The summed E-state index contributed by atoms with van der Waals surface area (Å²) in [6.07, 6.45) is 5.33. The van der Waals surface area contributed by atoms with Crippen LogP contribution in [0.2, 0.25) is 0 Å². The fourth-order valence-corrected chi connectivity index (χ4v) is 4.90. The minimum Gasteiger partial charge on any atom is -0.385 e. The van der Waals surface area contributed by atoms with Crippen LogP contribution < -0.4 is 5.56 Å². The number of nitrogens with zero attached hydrogens (tertiary/aromatic N) is 1. The molecule has 1 aliphatic carbocycles. The molecule has 2 heterocycles. The number of likely N-dealkylation sites (tertiary alicyclic amines) is 1. The van der Waals surface area contributed by atoms with Crippen molar-refractivity contribution in [2.45, 2.75) is 56.6 Å².